The van der Waals surface area contributed by atoms with Crippen LogP contribution in [0.4, 0.5) is 5.69 Å². The average molecular weight is 344 g/mol. The molecule has 5 N–H and O–H groups in total. The van der Waals surface area contributed by atoms with E-state index in [-0.39, 0.29) is 5.41 Å². The highest BCUT2D eigenvalue weighted by Crippen LogP contribution is 2.33. The van der Waals surface area contributed by atoms with Crippen LogP contribution in [0, 0.1) is 5.41 Å². The Balaban J connectivity index is 1.77. The van der Waals surface area contributed by atoms with E-state index in [0.29, 0.717) is 16.9 Å². The van der Waals surface area contributed by atoms with E-state index >= 15 is 0 Å². The van der Waals surface area contributed by atoms with Crippen LogP contribution in [0.2, 0.25) is 0 Å². The molecule has 3 heterocycles. The summed E-state index contributed by atoms with van der Waals surface area (Å²) < 4.78 is 0. The van der Waals surface area contributed by atoms with Gasteiger partial charge in [0.2, 0.25) is 0 Å². The first-order valence-electron chi connectivity index (χ1n) is 8.47. The van der Waals surface area contributed by atoms with Crippen LogP contribution in [-0.4, -0.2) is 53.9 Å². The summed E-state index contributed by atoms with van der Waals surface area (Å²) in [6.07, 6.45) is 6.75. The molecule has 0 aliphatic carbocycles. The third-order valence-corrected chi connectivity index (χ3v) is 5.00. The zero-order valence-electron chi connectivity index (χ0n) is 14.3. The normalized spacial score (nSPS) is 17.5. The van der Waals surface area contributed by atoms with E-state index in [4.69, 9.17) is 5.73 Å². The number of rotatable bonds is 7. The summed E-state index contributed by atoms with van der Waals surface area (Å²) in [5.41, 5.74) is 10.3. The number of pyridine rings is 1. The molecular weight excluding hydrogens is 320 g/mol. The maximum absolute atomic E-state index is 11.8. The third kappa shape index (κ3) is 3.49. The topological polar surface area (TPSA) is 116 Å². The summed E-state index contributed by atoms with van der Waals surface area (Å²) in [6, 6.07) is 1.86. The summed E-state index contributed by atoms with van der Waals surface area (Å²) in [5, 5.41) is 5.97. The third-order valence-electron chi connectivity index (χ3n) is 5.00. The van der Waals surface area contributed by atoms with Gasteiger partial charge in [-0.1, -0.05) is 0 Å². The monoisotopic (exact) mass is 344 g/mol. The number of aromatic nitrogens is 2. The number of hydrazine groups is 1. The van der Waals surface area contributed by atoms with Gasteiger partial charge < -0.3 is 26.3 Å². The standard InChI is InChI=1S/C17H24N6O2/c1-19-7-3-17(11-24)4-8-23(9-5-17)22-14-12-2-6-20-16(12)21-10-13(14)15(18)25/h2,6,10-11,19H,3-5,7-9H2,1H3,(H2,18,25)(H2,20,21,22). The van der Waals surface area contributed by atoms with Gasteiger partial charge in [0.15, 0.2) is 0 Å². The van der Waals surface area contributed by atoms with E-state index in [1.54, 1.807) is 6.20 Å². The van der Waals surface area contributed by atoms with Crippen LogP contribution in [0.25, 0.3) is 11.0 Å². The van der Waals surface area contributed by atoms with Crippen molar-refractivity contribution < 1.29 is 9.59 Å². The van der Waals surface area contributed by atoms with Crippen molar-refractivity contribution in [2.24, 2.45) is 11.1 Å². The highest BCUT2D eigenvalue weighted by molar-refractivity contribution is 6.05. The lowest BCUT2D eigenvalue weighted by Crippen LogP contribution is -2.44. The highest BCUT2D eigenvalue weighted by Gasteiger charge is 2.34. The van der Waals surface area contributed by atoms with Gasteiger partial charge in [-0.2, -0.15) is 0 Å². The van der Waals surface area contributed by atoms with E-state index in [0.717, 1.165) is 50.6 Å². The summed E-state index contributed by atoms with van der Waals surface area (Å²) in [6.45, 7) is 2.26. The number of anilines is 1. The molecule has 0 atom stereocenters. The molecule has 1 fully saturated rings. The van der Waals surface area contributed by atoms with E-state index in [1.807, 2.05) is 18.1 Å². The molecule has 0 radical (unpaired) electrons. The molecular formula is C17H24N6O2. The predicted molar refractivity (Wildman–Crippen MR) is 96.1 cm³/mol. The molecule has 0 bridgehead atoms. The first-order chi connectivity index (χ1) is 12.1. The van der Waals surface area contributed by atoms with Crippen molar-refractivity contribution in [2.45, 2.75) is 19.3 Å². The molecule has 8 nitrogen and oxygen atoms in total. The molecule has 0 saturated carbocycles. The van der Waals surface area contributed by atoms with Gasteiger partial charge in [0.25, 0.3) is 5.91 Å². The van der Waals surface area contributed by atoms with Crippen LogP contribution in [0.5, 0.6) is 0 Å². The average Bonchev–Trinajstić information content (AvgIpc) is 3.10. The van der Waals surface area contributed by atoms with E-state index in [9.17, 15) is 9.59 Å². The number of nitrogens with two attached hydrogens (primary N) is 1. The second-order valence-corrected chi connectivity index (χ2v) is 6.58. The maximum atomic E-state index is 11.8. The van der Waals surface area contributed by atoms with Crippen LogP contribution in [0.1, 0.15) is 29.6 Å². The minimum absolute atomic E-state index is 0.268. The molecule has 2 aromatic rings. The Labute approximate surface area is 146 Å². The van der Waals surface area contributed by atoms with Gasteiger partial charge in [-0.05, 0) is 38.9 Å². The minimum Gasteiger partial charge on any atom is -0.365 e. The van der Waals surface area contributed by atoms with Crippen molar-refractivity contribution in [3.05, 3.63) is 24.0 Å². The van der Waals surface area contributed by atoms with Crippen molar-refractivity contribution in [3.8, 4) is 0 Å². The Morgan fingerprint density at radius 2 is 2.24 bits per heavy atom. The van der Waals surface area contributed by atoms with E-state index < -0.39 is 5.91 Å². The van der Waals surface area contributed by atoms with Gasteiger partial charge in [0, 0.05) is 36.3 Å². The fraction of sp³-hybridized carbons (Fsp3) is 0.471. The van der Waals surface area contributed by atoms with Crippen molar-refractivity contribution in [2.75, 3.05) is 32.1 Å². The van der Waals surface area contributed by atoms with Crippen LogP contribution in [0.15, 0.2) is 18.5 Å². The Morgan fingerprint density at radius 1 is 1.48 bits per heavy atom. The molecule has 1 saturated heterocycles. The number of nitrogens with zero attached hydrogens (tertiary/aromatic N) is 2. The van der Waals surface area contributed by atoms with E-state index in [2.05, 4.69) is 20.7 Å². The molecule has 0 aromatic carbocycles. The van der Waals surface area contributed by atoms with Crippen molar-refractivity contribution in [3.63, 3.8) is 0 Å². The summed E-state index contributed by atoms with van der Waals surface area (Å²) in [7, 11) is 1.89. The fourth-order valence-corrected chi connectivity index (χ4v) is 3.34. The molecule has 1 amide bonds. The molecule has 1 aliphatic heterocycles. The molecule has 134 valence electrons. The summed E-state index contributed by atoms with van der Waals surface area (Å²) >= 11 is 0. The Kier molecular flexibility index (Phi) is 5.00. The minimum atomic E-state index is -0.522. The lowest BCUT2D eigenvalue weighted by atomic mass is 9.77. The smallest absolute Gasteiger partial charge is 0.252 e. The van der Waals surface area contributed by atoms with Crippen molar-refractivity contribution in [1.29, 1.82) is 0 Å². The number of H-pyrrole nitrogens is 1. The number of carbonyl (C=O) groups is 2. The number of fused-ring (bicyclic) bond motifs is 1. The first-order valence-corrected chi connectivity index (χ1v) is 8.47. The highest BCUT2D eigenvalue weighted by atomic mass is 16.1. The number of amides is 1. The van der Waals surface area contributed by atoms with Crippen molar-refractivity contribution in [1.82, 2.24) is 20.3 Å². The number of primary amides is 1. The molecule has 0 spiro atoms. The predicted octanol–water partition coefficient (Wildman–Crippen LogP) is 0.879. The number of aromatic amines is 1. The van der Waals surface area contributed by atoms with Gasteiger partial charge in [-0.3, -0.25) is 4.79 Å². The largest absolute Gasteiger partial charge is 0.365 e. The fourth-order valence-electron chi connectivity index (χ4n) is 3.34. The van der Waals surface area contributed by atoms with Crippen molar-refractivity contribution >= 4 is 28.9 Å². The molecule has 1 aliphatic rings. The van der Waals surface area contributed by atoms with Gasteiger partial charge in [0.05, 0.1) is 11.3 Å². The van der Waals surface area contributed by atoms with Gasteiger partial charge in [0.1, 0.15) is 11.9 Å². The quantitative estimate of drug-likeness (QED) is 0.554. The van der Waals surface area contributed by atoms with E-state index in [1.165, 1.54) is 6.20 Å². The number of hydrogen-bond donors (Lipinski definition) is 4. The van der Waals surface area contributed by atoms with Crippen LogP contribution in [-0.2, 0) is 4.79 Å². The molecule has 25 heavy (non-hydrogen) atoms. The molecule has 0 unspecified atom stereocenters. The Morgan fingerprint density at radius 3 is 2.88 bits per heavy atom. The molecule has 8 heteroatoms. The first kappa shape index (κ1) is 17.4. The van der Waals surface area contributed by atoms with Crippen LogP contribution >= 0.6 is 0 Å². The summed E-state index contributed by atoms with van der Waals surface area (Å²) in [4.78, 5) is 30.6. The lowest BCUT2D eigenvalue weighted by Gasteiger charge is -2.38. The summed E-state index contributed by atoms with van der Waals surface area (Å²) in [5.74, 6) is -0.522. The number of piperidine rings is 1. The molecule has 3 rings (SSSR count). The zero-order valence-corrected chi connectivity index (χ0v) is 14.3. The Hall–Kier alpha value is -2.45. The second kappa shape index (κ2) is 7.20. The second-order valence-electron chi connectivity index (χ2n) is 6.58. The maximum Gasteiger partial charge on any atom is 0.252 e. The van der Waals surface area contributed by atoms with Gasteiger partial charge in [-0.15, -0.1) is 0 Å². The number of aldehydes is 1. The van der Waals surface area contributed by atoms with Gasteiger partial charge in [-0.25, -0.2) is 9.99 Å². The zero-order chi connectivity index (χ0) is 17.9. The van der Waals surface area contributed by atoms with Crippen LogP contribution in [0.3, 0.4) is 0 Å². The number of carbonyl (C=O) groups excluding carboxylic acids is 2. The SMILES string of the molecule is CNCCC1(C=O)CCN(Nc2c(C(N)=O)cnc3[nH]ccc23)CC1. The van der Waals surface area contributed by atoms with Gasteiger partial charge >= 0.3 is 0 Å². The lowest BCUT2D eigenvalue weighted by molar-refractivity contribution is -0.118. The number of nitrogens with one attached hydrogen (secondary N) is 3. The molecule has 2 aromatic heterocycles. The van der Waals surface area contributed by atoms with Crippen LogP contribution < -0.4 is 16.5 Å². The number of hydrogen-bond acceptors (Lipinski definition) is 6. The Bertz CT molecular complexity index is 764.